The van der Waals surface area contributed by atoms with Crippen LogP contribution in [0.1, 0.15) is 23.0 Å². The maximum Gasteiger partial charge on any atom is 0.260 e. The minimum absolute atomic E-state index is 0.287. The minimum Gasteiger partial charge on any atom is -0.309 e. The Morgan fingerprint density at radius 2 is 2.10 bits per heavy atom. The molecule has 0 amide bonds. The van der Waals surface area contributed by atoms with Gasteiger partial charge in [0, 0.05) is 16.0 Å². The van der Waals surface area contributed by atoms with Crippen LogP contribution in [0.2, 0.25) is 0 Å². The Labute approximate surface area is 129 Å². The van der Waals surface area contributed by atoms with Gasteiger partial charge in [-0.05, 0) is 19.9 Å². The standard InChI is InChI=1S/C15H12ClFN2OS/c1-7(16)13-18-14(20)12-11(8(2)21-15(12)19-13)9-5-3-4-6-10(9)17/h3-7H,1-2H3,(H,18,19,20). The van der Waals surface area contributed by atoms with Crippen LogP contribution < -0.4 is 5.56 Å². The molecule has 108 valence electrons. The van der Waals surface area contributed by atoms with Crippen LogP contribution >= 0.6 is 22.9 Å². The van der Waals surface area contributed by atoms with E-state index in [1.807, 2.05) is 6.92 Å². The topological polar surface area (TPSA) is 45.8 Å². The highest BCUT2D eigenvalue weighted by Crippen LogP contribution is 2.37. The number of nitrogens with zero attached hydrogens (tertiary/aromatic N) is 1. The van der Waals surface area contributed by atoms with Gasteiger partial charge < -0.3 is 4.98 Å². The lowest BCUT2D eigenvalue weighted by Gasteiger charge is -2.04. The number of aromatic amines is 1. The van der Waals surface area contributed by atoms with Gasteiger partial charge in [0.05, 0.1) is 10.8 Å². The molecule has 21 heavy (non-hydrogen) atoms. The number of aryl methyl sites for hydroxylation is 1. The Bertz CT molecular complexity index is 885. The number of halogens is 2. The van der Waals surface area contributed by atoms with Crippen LogP contribution in [0.3, 0.4) is 0 Å². The Morgan fingerprint density at radius 1 is 1.38 bits per heavy atom. The van der Waals surface area contributed by atoms with E-state index in [4.69, 9.17) is 11.6 Å². The average molecular weight is 323 g/mol. The van der Waals surface area contributed by atoms with Crippen molar-refractivity contribution in [1.29, 1.82) is 0 Å². The van der Waals surface area contributed by atoms with Gasteiger partial charge in [0.2, 0.25) is 0 Å². The third-order valence-electron chi connectivity index (χ3n) is 3.28. The van der Waals surface area contributed by atoms with Crippen molar-refractivity contribution in [2.45, 2.75) is 19.2 Å². The molecule has 0 aliphatic heterocycles. The van der Waals surface area contributed by atoms with E-state index in [9.17, 15) is 9.18 Å². The van der Waals surface area contributed by atoms with Crippen molar-refractivity contribution < 1.29 is 4.39 Å². The number of thiophene rings is 1. The molecular weight excluding hydrogens is 311 g/mol. The molecule has 0 aliphatic rings. The molecule has 6 heteroatoms. The fourth-order valence-electron chi connectivity index (χ4n) is 2.31. The second kappa shape index (κ2) is 5.24. The van der Waals surface area contributed by atoms with E-state index in [-0.39, 0.29) is 16.8 Å². The zero-order valence-corrected chi connectivity index (χ0v) is 13.0. The number of benzene rings is 1. The van der Waals surface area contributed by atoms with E-state index in [2.05, 4.69) is 9.97 Å². The third-order valence-corrected chi connectivity index (χ3v) is 4.48. The van der Waals surface area contributed by atoms with Gasteiger partial charge in [0.15, 0.2) is 0 Å². The molecule has 0 spiro atoms. The molecule has 0 saturated carbocycles. The predicted octanol–water partition coefficient (Wildman–Crippen LogP) is 4.40. The van der Waals surface area contributed by atoms with Crippen LogP contribution in [-0.2, 0) is 0 Å². The minimum atomic E-state index is -0.388. The number of hydrogen-bond acceptors (Lipinski definition) is 3. The van der Waals surface area contributed by atoms with Gasteiger partial charge in [0.1, 0.15) is 16.5 Å². The fraction of sp³-hybridized carbons (Fsp3) is 0.200. The molecule has 1 atom stereocenters. The highest BCUT2D eigenvalue weighted by molar-refractivity contribution is 7.19. The van der Waals surface area contributed by atoms with Crippen LogP contribution in [0.15, 0.2) is 29.1 Å². The van der Waals surface area contributed by atoms with Crippen LogP contribution in [0.4, 0.5) is 4.39 Å². The molecule has 3 rings (SSSR count). The first kappa shape index (κ1) is 14.2. The molecule has 1 unspecified atom stereocenters. The second-order valence-corrected chi connectivity index (χ2v) is 6.62. The molecule has 0 bridgehead atoms. The van der Waals surface area contributed by atoms with Crippen molar-refractivity contribution in [3.05, 3.63) is 51.1 Å². The molecule has 0 saturated heterocycles. The zero-order valence-electron chi connectivity index (χ0n) is 11.4. The summed E-state index contributed by atoms with van der Waals surface area (Å²) in [5.41, 5.74) is 0.737. The van der Waals surface area contributed by atoms with Crippen LogP contribution in [0.25, 0.3) is 21.3 Å². The lowest BCUT2D eigenvalue weighted by molar-refractivity contribution is 0.631. The Balaban J connectivity index is 2.38. The van der Waals surface area contributed by atoms with Gasteiger partial charge in [-0.25, -0.2) is 9.37 Å². The Morgan fingerprint density at radius 3 is 2.76 bits per heavy atom. The highest BCUT2D eigenvalue weighted by Gasteiger charge is 2.19. The molecule has 3 aromatic rings. The quantitative estimate of drug-likeness (QED) is 0.711. The van der Waals surface area contributed by atoms with Crippen molar-refractivity contribution in [2.24, 2.45) is 0 Å². The SMILES string of the molecule is Cc1sc2nc(C(C)Cl)[nH]c(=O)c2c1-c1ccccc1F. The van der Waals surface area contributed by atoms with Crippen LogP contribution in [0.5, 0.6) is 0 Å². The van der Waals surface area contributed by atoms with Crippen LogP contribution in [0, 0.1) is 12.7 Å². The van der Waals surface area contributed by atoms with E-state index < -0.39 is 0 Å². The van der Waals surface area contributed by atoms with Crippen molar-refractivity contribution in [2.75, 3.05) is 0 Å². The number of alkyl halides is 1. The molecule has 0 aliphatic carbocycles. The number of rotatable bonds is 2. The summed E-state index contributed by atoms with van der Waals surface area (Å²) in [5.74, 6) is 0.0741. The second-order valence-electron chi connectivity index (χ2n) is 4.76. The van der Waals surface area contributed by atoms with E-state index >= 15 is 0 Å². The van der Waals surface area contributed by atoms with Crippen molar-refractivity contribution in [3.63, 3.8) is 0 Å². The number of aromatic nitrogens is 2. The monoisotopic (exact) mass is 322 g/mol. The molecule has 2 heterocycles. The smallest absolute Gasteiger partial charge is 0.260 e. The van der Waals surface area contributed by atoms with Crippen molar-refractivity contribution in [1.82, 2.24) is 9.97 Å². The molecule has 1 N–H and O–H groups in total. The summed E-state index contributed by atoms with van der Waals surface area (Å²) in [5, 5.41) is 0.0325. The van der Waals surface area contributed by atoms with Gasteiger partial charge in [-0.1, -0.05) is 18.2 Å². The summed E-state index contributed by atoms with van der Waals surface area (Å²) >= 11 is 7.35. The van der Waals surface area contributed by atoms with Gasteiger partial charge in [-0.3, -0.25) is 4.79 Å². The Kier molecular flexibility index (Phi) is 3.55. The summed E-state index contributed by atoms with van der Waals surface area (Å²) in [7, 11) is 0. The first-order chi connectivity index (χ1) is 9.99. The van der Waals surface area contributed by atoms with Gasteiger partial charge in [0.25, 0.3) is 5.56 Å². The summed E-state index contributed by atoms with van der Waals surface area (Å²) in [6.07, 6.45) is 0. The lowest BCUT2D eigenvalue weighted by atomic mass is 10.0. The van der Waals surface area contributed by atoms with Crippen molar-refractivity contribution >= 4 is 33.2 Å². The predicted molar refractivity (Wildman–Crippen MR) is 84.6 cm³/mol. The first-order valence-corrected chi connectivity index (χ1v) is 7.66. The lowest BCUT2D eigenvalue weighted by Crippen LogP contribution is -2.11. The molecule has 0 radical (unpaired) electrons. The van der Waals surface area contributed by atoms with E-state index in [0.717, 1.165) is 4.88 Å². The maximum absolute atomic E-state index is 14.1. The fourth-order valence-corrected chi connectivity index (χ4v) is 3.46. The summed E-state index contributed by atoms with van der Waals surface area (Å²) in [4.78, 5) is 20.8. The van der Waals surface area contributed by atoms with E-state index in [1.54, 1.807) is 25.1 Å². The number of hydrogen-bond donors (Lipinski definition) is 1. The Hall–Kier alpha value is -1.72. The molecule has 0 fully saturated rings. The number of H-pyrrole nitrogens is 1. The largest absolute Gasteiger partial charge is 0.309 e. The first-order valence-electron chi connectivity index (χ1n) is 6.41. The summed E-state index contributed by atoms with van der Waals surface area (Å²) in [6, 6.07) is 6.42. The molecule has 3 nitrogen and oxygen atoms in total. The number of nitrogens with one attached hydrogen (secondary N) is 1. The van der Waals surface area contributed by atoms with Crippen LogP contribution in [-0.4, -0.2) is 9.97 Å². The third kappa shape index (κ3) is 2.36. The summed E-state index contributed by atoms with van der Waals surface area (Å²) < 4.78 is 14.1. The van der Waals surface area contributed by atoms with Gasteiger partial charge in [-0.15, -0.1) is 22.9 Å². The van der Waals surface area contributed by atoms with Crippen molar-refractivity contribution in [3.8, 4) is 11.1 Å². The van der Waals surface area contributed by atoms with E-state index in [1.165, 1.54) is 17.4 Å². The molecule has 1 aromatic carbocycles. The zero-order chi connectivity index (χ0) is 15.1. The maximum atomic E-state index is 14.1. The normalized spacial score (nSPS) is 12.8. The van der Waals surface area contributed by atoms with Gasteiger partial charge >= 0.3 is 0 Å². The number of fused-ring (bicyclic) bond motifs is 1. The summed E-state index contributed by atoms with van der Waals surface area (Å²) in [6.45, 7) is 3.60. The van der Waals surface area contributed by atoms with E-state index in [0.29, 0.717) is 27.2 Å². The highest BCUT2D eigenvalue weighted by atomic mass is 35.5. The van der Waals surface area contributed by atoms with Gasteiger partial charge in [-0.2, -0.15) is 0 Å². The molecular formula is C15H12ClFN2OS. The molecule has 2 aromatic heterocycles. The average Bonchev–Trinajstić information content (AvgIpc) is 2.76.